The highest BCUT2D eigenvalue weighted by atomic mass is 16.1. The first-order valence-electron chi connectivity index (χ1n) is 5.73. The topological polar surface area (TPSA) is 45.8 Å². The van der Waals surface area contributed by atoms with Crippen LogP contribution < -0.4 is 5.56 Å². The lowest BCUT2D eigenvalue weighted by Crippen LogP contribution is -2.20. The minimum absolute atomic E-state index is 0.0342. The van der Waals surface area contributed by atoms with Crippen molar-refractivity contribution < 1.29 is 0 Å². The van der Waals surface area contributed by atoms with Crippen molar-refractivity contribution in [2.75, 3.05) is 0 Å². The van der Waals surface area contributed by atoms with Gasteiger partial charge in [-0.1, -0.05) is 20.8 Å². The van der Waals surface area contributed by atoms with Crippen molar-refractivity contribution in [2.24, 2.45) is 0 Å². The largest absolute Gasteiger partial charge is 0.310 e. The Bertz CT molecular complexity index is 378. The molecule has 0 aliphatic carbocycles. The second-order valence-electron chi connectivity index (χ2n) is 3.88. The van der Waals surface area contributed by atoms with Gasteiger partial charge >= 0.3 is 0 Å². The molecule has 0 unspecified atom stereocenters. The lowest BCUT2D eigenvalue weighted by molar-refractivity contribution is 0.594. The number of aromatic amines is 1. The van der Waals surface area contributed by atoms with Gasteiger partial charge in [0, 0.05) is 17.2 Å². The molecule has 84 valence electrons. The first kappa shape index (κ1) is 12.0. The molecule has 0 aliphatic rings. The van der Waals surface area contributed by atoms with Crippen molar-refractivity contribution in [3.63, 3.8) is 0 Å². The van der Waals surface area contributed by atoms with E-state index in [1.807, 2.05) is 13.8 Å². The number of H-pyrrole nitrogens is 1. The van der Waals surface area contributed by atoms with Crippen LogP contribution >= 0.6 is 0 Å². The van der Waals surface area contributed by atoms with Gasteiger partial charge in [-0.25, -0.2) is 4.98 Å². The van der Waals surface area contributed by atoms with E-state index in [1.54, 1.807) is 0 Å². The summed E-state index contributed by atoms with van der Waals surface area (Å²) in [6.07, 6.45) is 2.78. The zero-order chi connectivity index (χ0) is 11.4. The van der Waals surface area contributed by atoms with Crippen LogP contribution in [-0.2, 0) is 6.42 Å². The van der Waals surface area contributed by atoms with E-state index >= 15 is 0 Å². The van der Waals surface area contributed by atoms with E-state index in [9.17, 15) is 4.79 Å². The fourth-order valence-corrected chi connectivity index (χ4v) is 1.92. The molecule has 0 fully saturated rings. The van der Waals surface area contributed by atoms with E-state index < -0.39 is 0 Å². The number of aromatic nitrogens is 2. The van der Waals surface area contributed by atoms with Gasteiger partial charge in [-0.2, -0.15) is 0 Å². The Kier molecular flexibility index (Phi) is 4.06. The summed E-state index contributed by atoms with van der Waals surface area (Å²) < 4.78 is 0. The molecule has 0 spiro atoms. The molecule has 0 atom stereocenters. The summed E-state index contributed by atoms with van der Waals surface area (Å²) in [5, 5.41) is 0. The van der Waals surface area contributed by atoms with E-state index in [1.165, 1.54) is 0 Å². The highest BCUT2D eigenvalue weighted by molar-refractivity contribution is 5.17. The Morgan fingerprint density at radius 1 is 1.27 bits per heavy atom. The van der Waals surface area contributed by atoms with Crippen LogP contribution in [0.3, 0.4) is 0 Å². The smallest absolute Gasteiger partial charge is 0.254 e. The van der Waals surface area contributed by atoms with E-state index in [2.05, 4.69) is 23.8 Å². The van der Waals surface area contributed by atoms with E-state index in [4.69, 9.17) is 0 Å². The maximum Gasteiger partial charge on any atom is 0.254 e. The number of hydrogen-bond acceptors (Lipinski definition) is 2. The third kappa shape index (κ3) is 2.46. The lowest BCUT2D eigenvalue weighted by Gasteiger charge is -2.12. The summed E-state index contributed by atoms with van der Waals surface area (Å²) in [4.78, 5) is 19.1. The Balaban J connectivity index is 3.19. The fourth-order valence-electron chi connectivity index (χ4n) is 1.92. The SMILES string of the molecule is CCc1c(C)nc(C(CC)CC)[nH]c1=O. The first-order valence-corrected chi connectivity index (χ1v) is 5.73. The highest BCUT2D eigenvalue weighted by Crippen LogP contribution is 2.18. The molecule has 1 aromatic rings. The predicted octanol–water partition coefficient (Wildman–Crippen LogP) is 2.54. The second kappa shape index (κ2) is 5.10. The molecule has 0 aromatic carbocycles. The molecule has 0 aliphatic heterocycles. The van der Waals surface area contributed by atoms with Crippen molar-refractivity contribution >= 4 is 0 Å². The molecular weight excluding hydrogens is 188 g/mol. The summed E-state index contributed by atoms with van der Waals surface area (Å²) in [6, 6.07) is 0. The third-order valence-corrected chi connectivity index (χ3v) is 2.97. The van der Waals surface area contributed by atoms with Gasteiger partial charge in [-0.3, -0.25) is 4.79 Å². The molecule has 1 aromatic heterocycles. The molecule has 0 amide bonds. The minimum atomic E-state index is 0.0342. The van der Waals surface area contributed by atoms with Crippen LogP contribution in [0.15, 0.2) is 4.79 Å². The van der Waals surface area contributed by atoms with Crippen molar-refractivity contribution in [1.82, 2.24) is 9.97 Å². The number of rotatable bonds is 4. The van der Waals surface area contributed by atoms with Crippen molar-refractivity contribution in [1.29, 1.82) is 0 Å². The molecule has 0 saturated heterocycles. The molecule has 0 bridgehead atoms. The molecule has 1 N–H and O–H groups in total. The van der Waals surface area contributed by atoms with E-state index in [0.717, 1.165) is 36.3 Å². The van der Waals surface area contributed by atoms with Crippen LogP contribution in [0.2, 0.25) is 0 Å². The Hall–Kier alpha value is -1.12. The molecule has 3 heteroatoms. The van der Waals surface area contributed by atoms with Gasteiger partial charge in [0.1, 0.15) is 5.82 Å². The van der Waals surface area contributed by atoms with Gasteiger partial charge in [-0.15, -0.1) is 0 Å². The van der Waals surface area contributed by atoms with E-state index in [-0.39, 0.29) is 5.56 Å². The fraction of sp³-hybridized carbons (Fsp3) is 0.667. The molecule has 0 saturated carbocycles. The predicted molar refractivity (Wildman–Crippen MR) is 62.3 cm³/mol. The maximum absolute atomic E-state index is 11.7. The summed E-state index contributed by atoms with van der Waals surface area (Å²) in [7, 11) is 0. The zero-order valence-electron chi connectivity index (χ0n) is 10.1. The molecule has 1 rings (SSSR count). The number of aryl methyl sites for hydroxylation is 1. The van der Waals surface area contributed by atoms with Crippen LogP contribution in [0, 0.1) is 6.92 Å². The van der Waals surface area contributed by atoms with Crippen LogP contribution in [0.25, 0.3) is 0 Å². The van der Waals surface area contributed by atoms with Gasteiger partial charge in [-0.05, 0) is 26.2 Å². The van der Waals surface area contributed by atoms with Crippen molar-refractivity contribution in [2.45, 2.75) is 52.9 Å². The summed E-state index contributed by atoms with van der Waals surface area (Å²) in [5.41, 5.74) is 1.72. The third-order valence-electron chi connectivity index (χ3n) is 2.97. The Labute approximate surface area is 91.0 Å². The molecule has 15 heavy (non-hydrogen) atoms. The average Bonchev–Trinajstić information content (AvgIpc) is 2.19. The summed E-state index contributed by atoms with van der Waals surface area (Å²) in [5.74, 6) is 1.22. The zero-order valence-corrected chi connectivity index (χ0v) is 10.1. The minimum Gasteiger partial charge on any atom is -0.310 e. The molecule has 3 nitrogen and oxygen atoms in total. The van der Waals surface area contributed by atoms with Gasteiger partial charge < -0.3 is 4.98 Å². The van der Waals surface area contributed by atoms with Crippen LogP contribution in [0.4, 0.5) is 0 Å². The lowest BCUT2D eigenvalue weighted by atomic mass is 10.0. The van der Waals surface area contributed by atoms with Gasteiger partial charge in [0.05, 0.1) is 0 Å². The maximum atomic E-state index is 11.7. The first-order chi connectivity index (χ1) is 7.13. The average molecular weight is 208 g/mol. The van der Waals surface area contributed by atoms with Crippen LogP contribution in [0.5, 0.6) is 0 Å². The normalized spacial score (nSPS) is 11.0. The van der Waals surface area contributed by atoms with Crippen LogP contribution in [0.1, 0.15) is 56.6 Å². The quantitative estimate of drug-likeness (QED) is 0.826. The second-order valence-corrected chi connectivity index (χ2v) is 3.88. The summed E-state index contributed by atoms with van der Waals surface area (Å²) in [6.45, 7) is 8.14. The standard InChI is InChI=1S/C12H20N2O/c1-5-9(6-2)11-13-8(4)10(7-3)12(15)14-11/h9H,5-7H2,1-4H3,(H,13,14,15). The molecule has 0 radical (unpaired) electrons. The van der Waals surface area contributed by atoms with Gasteiger partial charge in [0.15, 0.2) is 0 Å². The monoisotopic (exact) mass is 208 g/mol. The number of nitrogens with zero attached hydrogens (tertiary/aromatic N) is 1. The van der Waals surface area contributed by atoms with Gasteiger partial charge in [0.25, 0.3) is 5.56 Å². The summed E-state index contributed by atoms with van der Waals surface area (Å²) >= 11 is 0. The van der Waals surface area contributed by atoms with E-state index in [0.29, 0.717) is 5.92 Å². The number of hydrogen-bond donors (Lipinski definition) is 1. The van der Waals surface area contributed by atoms with Crippen molar-refractivity contribution in [3.8, 4) is 0 Å². The number of nitrogens with one attached hydrogen (secondary N) is 1. The van der Waals surface area contributed by atoms with Crippen molar-refractivity contribution in [3.05, 3.63) is 27.4 Å². The highest BCUT2D eigenvalue weighted by Gasteiger charge is 2.12. The molecular formula is C12H20N2O. The van der Waals surface area contributed by atoms with Gasteiger partial charge in [0.2, 0.25) is 0 Å². The molecule has 1 heterocycles. The Morgan fingerprint density at radius 2 is 1.87 bits per heavy atom. The Morgan fingerprint density at radius 3 is 2.27 bits per heavy atom. The van der Waals surface area contributed by atoms with Crippen LogP contribution in [-0.4, -0.2) is 9.97 Å².